The van der Waals surface area contributed by atoms with Gasteiger partial charge in [0.1, 0.15) is 5.75 Å². The van der Waals surface area contributed by atoms with Crippen molar-refractivity contribution in [1.29, 1.82) is 0 Å². The summed E-state index contributed by atoms with van der Waals surface area (Å²) in [6, 6.07) is 19.2. The number of hydrazone groups is 1. The van der Waals surface area contributed by atoms with Gasteiger partial charge in [-0.25, -0.2) is 15.0 Å². The van der Waals surface area contributed by atoms with Gasteiger partial charge in [-0.3, -0.25) is 4.79 Å². The minimum absolute atomic E-state index is 0.123. The van der Waals surface area contributed by atoms with Gasteiger partial charge in [-0.05, 0) is 47.7 Å². The lowest BCUT2D eigenvalue weighted by Gasteiger charge is -2.04. The van der Waals surface area contributed by atoms with E-state index in [-0.39, 0.29) is 17.4 Å². The van der Waals surface area contributed by atoms with E-state index in [9.17, 15) is 9.90 Å². The molecule has 6 nitrogen and oxygen atoms in total. The predicted molar refractivity (Wildman–Crippen MR) is 116 cm³/mol. The second-order valence-corrected chi connectivity index (χ2v) is 7.46. The Hall–Kier alpha value is -3.32. The molecule has 0 saturated carbocycles. The molecular weight excluding hydrogens is 384 g/mol. The van der Waals surface area contributed by atoms with Crippen LogP contribution in [0.25, 0.3) is 21.8 Å². The fraction of sp³-hybridized carbons (Fsp3) is 0.136. The average molecular weight is 406 g/mol. The lowest BCUT2D eigenvalue weighted by Crippen LogP contribution is -2.34. The number of hydrogen-bond acceptors (Lipinski definition) is 4. The summed E-state index contributed by atoms with van der Waals surface area (Å²) in [5.41, 5.74) is 5.28. The summed E-state index contributed by atoms with van der Waals surface area (Å²) in [5, 5.41) is 17.0. The number of thioether (sulfide) groups is 1. The molecule has 0 fully saturated rings. The molecule has 0 radical (unpaired) electrons. The molecule has 4 rings (SSSR count). The highest BCUT2D eigenvalue weighted by Crippen LogP contribution is 2.25. The molecule has 0 aliphatic carbocycles. The number of carbonyl (C=O) groups is 1. The first-order valence-electron chi connectivity index (χ1n) is 9.33. The number of benzene rings is 3. The first-order chi connectivity index (χ1) is 14.2. The number of imidazole rings is 1. The molecular formula is C22H21N4O2S+. The van der Waals surface area contributed by atoms with Gasteiger partial charge in [0.15, 0.2) is 11.0 Å². The second-order valence-electron chi connectivity index (χ2n) is 6.49. The van der Waals surface area contributed by atoms with Crippen LogP contribution in [0.1, 0.15) is 12.5 Å². The SMILES string of the molecule is CC[n+]1c(SCC(=O)NN=Cc2c(O)ccc3ccccc23)[nH]c2ccccc21. The quantitative estimate of drug-likeness (QED) is 0.198. The zero-order valence-electron chi connectivity index (χ0n) is 15.9. The monoisotopic (exact) mass is 405 g/mol. The molecule has 7 heteroatoms. The number of amides is 1. The highest BCUT2D eigenvalue weighted by molar-refractivity contribution is 7.99. The Balaban J connectivity index is 1.43. The van der Waals surface area contributed by atoms with Gasteiger partial charge in [0.2, 0.25) is 0 Å². The van der Waals surface area contributed by atoms with Crippen LogP contribution in [0, 0.1) is 0 Å². The minimum Gasteiger partial charge on any atom is -0.507 e. The largest absolute Gasteiger partial charge is 0.507 e. The van der Waals surface area contributed by atoms with E-state index in [1.54, 1.807) is 6.07 Å². The van der Waals surface area contributed by atoms with Gasteiger partial charge in [-0.2, -0.15) is 5.10 Å². The molecule has 29 heavy (non-hydrogen) atoms. The Morgan fingerprint density at radius 3 is 2.83 bits per heavy atom. The number of aryl methyl sites for hydroxylation is 1. The fourth-order valence-corrected chi connectivity index (χ4v) is 4.19. The molecule has 3 aromatic carbocycles. The smallest absolute Gasteiger partial charge is 0.317 e. The van der Waals surface area contributed by atoms with Gasteiger partial charge >= 0.3 is 5.16 Å². The number of aromatic amines is 1. The third-order valence-corrected chi connectivity index (χ3v) is 5.67. The van der Waals surface area contributed by atoms with Crippen LogP contribution in [0.15, 0.2) is 70.9 Å². The van der Waals surface area contributed by atoms with Crippen LogP contribution < -0.4 is 9.99 Å². The Labute approximate surface area is 172 Å². The molecule has 1 amide bonds. The molecule has 0 saturated heterocycles. The van der Waals surface area contributed by atoms with Gasteiger partial charge in [-0.15, -0.1) is 0 Å². The number of para-hydroxylation sites is 2. The number of fused-ring (bicyclic) bond motifs is 2. The maximum Gasteiger partial charge on any atom is 0.317 e. The number of rotatable bonds is 6. The zero-order chi connectivity index (χ0) is 20.2. The fourth-order valence-electron chi connectivity index (χ4n) is 3.29. The number of aromatic hydroxyl groups is 1. The van der Waals surface area contributed by atoms with Crippen molar-refractivity contribution in [1.82, 2.24) is 10.4 Å². The Bertz CT molecular complexity index is 1220. The van der Waals surface area contributed by atoms with Gasteiger partial charge < -0.3 is 5.11 Å². The van der Waals surface area contributed by atoms with E-state index >= 15 is 0 Å². The third kappa shape index (κ3) is 3.95. The molecule has 0 aliphatic rings. The number of phenols is 1. The molecule has 0 unspecified atom stereocenters. The molecule has 146 valence electrons. The van der Waals surface area contributed by atoms with Crippen LogP contribution in [0.3, 0.4) is 0 Å². The highest BCUT2D eigenvalue weighted by atomic mass is 32.2. The van der Waals surface area contributed by atoms with E-state index in [0.717, 1.165) is 33.5 Å². The van der Waals surface area contributed by atoms with Crippen molar-refractivity contribution in [3.05, 3.63) is 66.2 Å². The van der Waals surface area contributed by atoms with Crippen molar-refractivity contribution in [2.24, 2.45) is 5.10 Å². The Kier molecular flexibility index (Phi) is 5.48. The van der Waals surface area contributed by atoms with Crippen molar-refractivity contribution < 1.29 is 14.5 Å². The van der Waals surface area contributed by atoms with Crippen LogP contribution in [0.2, 0.25) is 0 Å². The highest BCUT2D eigenvalue weighted by Gasteiger charge is 2.18. The Morgan fingerprint density at radius 2 is 1.97 bits per heavy atom. The second kappa shape index (κ2) is 8.36. The predicted octanol–water partition coefficient (Wildman–Crippen LogP) is 3.58. The minimum atomic E-state index is -0.215. The molecule has 0 aliphatic heterocycles. The molecule has 0 bridgehead atoms. The van der Waals surface area contributed by atoms with Crippen molar-refractivity contribution in [2.45, 2.75) is 18.6 Å². The van der Waals surface area contributed by atoms with Crippen molar-refractivity contribution in [3.8, 4) is 5.75 Å². The van der Waals surface area contributed by atoms with Gasteiger partial charge in [0, 0.05) is 5.56 Å². The summed E-state index contributed by atoms with van der Waals surface area (Å²) in [5.74, 6) is 0.136. The van der Waals surface area contributed by atoms with Crippen molar-refractivity contribution >= 4 is 45.7 Å². The van der Waals surface area contributed by atoms with Crippen LogP contribution in [-0.2, 0) is 11.3 Å². The normalized spacial score (nSPS) is 11.5. The van der Waals surface area contributed by atoms with E-state index in [2.05, 4.69) is 33.1 Å². The van der Waals surface area contributed by atoms with Crippen molar-refractivity contribution in [2.75, 3.05) is 5.75 Å². The number of carbonyl (C=O) groups excluding carboxylic acids is 1. The van der Waals surface area contributed by atoms with Crippen LogP contribution in [0.5, 0.6) is 5.75 Å². The molecule has 3 N–H and O–H groups in total. The summed E-state index contributed by atoms with van der Waals surface area (Å²) in [6.45, 7) is 2.89. The zero-order valence-corrected chi connectivity index (χ0v) is 16.7. The van der Waals surface area contributed by atoms with E-state index in [1.807, 2.05) is 48.5 Å². The third-order valence-electron chi connectivity index (χ3n) is 4.67. The molecule has 0 spiro atoms. The average Bonchev–Trinajstić information content (AvgIpc) is 3.11. The van der Waals surface area contributed by atoms with E-state index in [0.29, 0.717) is 5.56 Å². The number of hydrogen-bond donors (Lipinski definition) is 3. The summed E-state index contributed by atoms with van der Waals surface area (Å²) < 4.78 is 2.14. The summed E-state index contributed by atoms with van der Waals surface area (Å²) in [7, 11) is 0. The Morgan fingerprint density at radius 1 is 1.17 bits per heavy atom. The lowest BCUT2D eigenvalue weighted by atomic mass is 10.0. The summed E-state index contributed by atoms with van der Waals surface area (Å²) in [4.78, 5) is 15.6. The molecule has 1 aromatic heterocycles. The van der Waals surface area contributed by atoms with E-state index < -0.39 is 0 Å². The number of nitrogens with zero attached hydrogens (tertiary/aromatic N) is 2. The molecule has 1 heterocycles. The maximum absolute atomic E-state index is 12.2. The summed E-state index contributed by atoms with van der Waals surface area (Å²) in [6.07, 6.45) is 1.48. The standard InChI is InChI=1S/C22H20N4O2S/c1-2-26-19-10-6-5-9-18(19)24-22(26)29-14-21(28)25-23-13-17-16-8-4-3-7-15(16)11-12-20(17)27/h3-13H,2,14H2,1H3,(H2,23,25,27,28)/p+1. The first-order valence-corrected chi connectivity index (χ1v) is 10.3. The summed E-state index contributed by atoms with van der Waals surface area (Å²) >= 11 is 1.43. The van der Waals surface area contributed by atoms with Crippen LogP contribution in [-0.4, -0.2) is 28.0 Å². The lowest BCUT2D eigenvalue weighted by molar-refractivity contribution is -0.705. The number of aromatic nitrogens is 2. The maximum atomic E-state index is 12.2. The number of phenolic OH excluding ortho intramolecular Hbond substituents is 1. The molecule has 4 aromatic rings. The van der Waals surface area contributed by atoms with Gasteiger partial charge in [0.05, 0.1) is 18.5 Å². The first kappa shape index (κ1) is 19.0. The van der Waals surface area contributed by atoms with Gasteiger partial charge in [0.25, 0.3) is 5.91 Å². The van der Waals surface area contributed by atoms with E-state index in [4.69, 9.17) is 0 Å². The number of nitrogens with one attached hydrogen (secondary N) is 2. The van der Waals surface area contributed by atoms with Gasteiger partial charge in [-0.1, -0.05) is 42.5 Å². The van der Waals surface area contributed by atoms with Crippen LogP contribution in [0.4, 0.5) is 0 Å². The number of H-pyrrole nitrogens is 1. The molecule has 0 atom stereocenters. The van der Waals surface area contributed by atoms with Crippen molar-refractivity contribution in [3.63, 3.8) is 0 Å². The van der Waals surface area contributed by atoms with E-state index in [1.165, 1.54) is 18.0 Å². The van der Waals surface area contributed by atoms with Crippen LogP contribution >= 0.6 is 11.8 Å². The topological polar surface area (TPSA) is 81.4 Å².